The van der Waals surface area contributed by atoms with E-state index in [0.29, 0.717) is 43.9 Å². The lowest BCUT2D eigenvalue weighted by Crippen LogP contribution is -2.43. The van der Waals surface area contributed by atoms with Crippen molar-refractivity contribution in [2.45, 2.75) is 44.8 Å². The van der Waals surface area contributed by atoms with Gasteiger partial charge < -0.3 is 9.64 Å². The second-order valence-electron chi connectivity index (χ2n) is 9.61. The van der Waals surface area contributed by atoms with Gasteiger partial charge in [-0.25, -0.2) is 9.97 Å². The van der Waals surface area contributed by atoms with E-state index >= 15 is 0 Å². The Hall–Kier alpha value is -3.67. The van der Waals surface area contributed by atoms with Crippen LogP contribution >= 0.6 is 0 Å². The van der Waals surface area contributed by atoms with Crippen molar-refractivity contribution in [1.82, 2.24) is 9.97 Å². The standard InChI is InChI=1S/C27H29F3N4O4S/c1-4-38-25(35)26(3)14-16-34(17-15-26)22-10-7-11-23(32-22)39(36,37)33-21-13-12-20(27(28,29)30)24(31-21)19-9-6-5-8-18(19)2/h5-13H,4,14-17H2,1-3H3,(H,31,33). The molecule has 4 rings (SSSR count). The number of sulfonamides is 1. The molecule has 0 spiro atoms. The van der Waals surface area contributed by atoms with Crippen molar-refractivity contribution >= 4 is 27.6 Å². The summed E-state index contributed by atoms with van der Waals surface area (Å²) in [6.45, 7) is 6.50. The Bertz CT molecular complexity index is 1470. The van der Waals surface area contributed by atoms with Crippen LogP contribution in [0, 0.1) is 12.3 Å². The number of piperidine rings is 1. The monoisotopic (exact) mass is 562 g/mol. The van der Waals surface area contributed by atoms with Crippen LogP contribution in [-0.4, -0.2) is 44.1 Å². The van der Waals surface area contributed by atoms with Gasteiger partial charge in [0.2, 0.25) is 0 Å². The molecule has 1 N–H and O–H groups in total. The van der Waals surface area contributed by atoms with Gasteiger partial charge in [-0.15, -0.1) is 0 Å². The summed E-state index contributed by atoms with van der Waals surface area (Å²) >= 11 is 0. The first-order valence-electron chi connectivity index (χ1n) is 12.4. The molecule has 39 heavy (non-hydrogen) atoms. The molecule has 1 aromatic carbocycles. The number of alkyl halides is 3. The summed E-state index contributed by atoms with van der Waals surface area (Å²) in [5.41, 5.74) is -1.17. The summed E-state index contributed by atoms with van der Waals surface area (Å²) in [5.74, 6) is -0.117. The highest BCUT2D eigenvalue weighted by atomic mass is 32.2. The average Bonchev–Trinajstić information content (AvgIpc) is 2.89. The van der Waals surface area contributed by atoms with E-state index < -0.39 is 27.2 Å². The summed E-state index contributed by atoms with van der Waals surface area (Å²) in [5, 5.41) is -0.308. The minimum atomic E-state index is -4.68. The maximum atomic E-state index is 13.7. The number of aryl methyl sites for hydroxylation is 1. The van der Waals surface area contributed by atoms with Crippen molar-refractivity contribution in [2.75, 3.05) is 29.3 Å². The van der Waals surface area contributed by atoms with Gasteiger partial charge in [0.25, 0.3) is 10.0 Å². The van der Waals surface area contributed by atoms with Gasteiger partial charge in [0, 0.05) is 18.7 Å². The quantitative estimate of drug-likeness (QED) is 0.383. The number of benzene rings is 1. The van der Waals surface area contributed by atoms with Gasteiger partial charge >= 0.3 is 12.1 Å². The second kappa shape index (κ2) is 10.8. The highest BCUT2D eigenvalue weighted by molar-refractivity contribution is 7.92. The molecule has 0 radical (unpaired) electrons. The minimum absolute atomic E-state index is 0.242. The molecule has 0 unspecified atom stereocenters. The van der Waals surface area contributed by atoms with Crippen molar-refractivity contribution in [2.24, 2.45) is 5.41 Å². The summed E-state index contributed by atoms with van der Waals surface area (Å²) in [6.07, 6.45) is -3.66. The smallest absolute Gasteiger partial charge is 0.418 e. The van der Waals surface area contributed by atoms with Crippen LogP contribution in [0.25, 0.3) is 11.3 Å². The normalized spacial score (nSPS) is 15.6. The molecule has 0 atom stereocenters. The van der Waals surface area contributed by atoms with Crippen LogP contribution in [0.15, 0.2) is 59.6 Å². The van der Waals surface area contributed by atoms with Crippen molar-refractivity contribution < 1.29 is 31.1 Å². The highest BCUT2D eigenvalue weighted by Gasteiger charge is 2.39. The molecule has 8 nitrogen and oxygen atoms in total. The molecule has 0 saturated carbocycles. The molecule has 0 amide bonds. The Kier molecular flexibility index (Phi) is 7.87. The van der Waals surface area contributed by atoms with Gasteiger partial charge in [0.05, 0.1) is 23.3 Å². The molecular weight excluding hydrogens is 533 g/mol. The molecule has 1 fully saturated rings. The number of pyridine rings is 2. The highest BCUT2D eigenvalue weighted by Crippen LogP contribution is 2.38. The Morgan fingerprint density at radius 1 is 1.05 bits per heavy atom. The molecule has 208 valence electrons. The van der Waals surface area contributed by atoms with Crippen LogP contribution in [0.4, 0.5) is 24.8 Å². The van der Waals surface area contributed by atoms with E-state index in [-0.39, 0.29) is 28.1 Å². The van der Waals surface area contributed by atoms with Crippen LogP contribution in [0.5, 0.6) is 0 Å². The van der Waals surface area contributed by atoms with E-state index in [2.05, 4.69) is 14.7 Å². The zero-order valence-corrected chi connectivity index (χ0v) is 22.6. The van der Waals surface area contributed by atoms with E-state index in [1.165, 1.54) is 18.2 Å². The van der Waals surface area contributed by atoms with Crippen molar-refractivity contribution in [3.05, 3.63) is 65.7 Å². The summed E-state index contributed by atoms with van der Waals surface area (Å²) in [7, 11) is -4.28. The van der Waals surface area contributed by atoms with Gasteiger partial charge in [-0.05, 0) is 63.4 Å². The first kappa shape index (κ1) is 28.3. The molecular formula is C27H29F3N4O4S. The molecule has 1 saturated heterocycles. The topological polar surface area (TPSA) is 101 Å². The molecule has 3 heterocycles. The molecule has 0 bridgehead atoms. The van der Waals surface area contributed by atoms with Crippen LogP contribution in [0.3, 0.4) is 0 Å². The number of esters is 1. The van der Waals surface area contributed by atoms with Crippen LogP contribution in [-0.2, 0) is 25.7 Å². The lowest BCUT2D eigenvalue weighted by molar-refractivity contribution is -0.155. The van der Waals surface area contributed by atoms with E-state index in [1.807, 2.05) is 11.8 Å². The molecule has 1 aliphatic rings. The van der Waals surface area contributed by atoms with Crippen molar-refractivity contribution in [3.8, 4) is 11.3 Å². The SMILES string of the molecule is CCOC(=O)C1(C)CCN(c2cccc(S(=O)(=O)Nc3ccc(C(F)(F)F)c(-c4ccccc4C)n3)n2)CC1. The molecule has 0 aliphatic carbocycles. The third kappa shape index (κ3) is 6.16. The fourth-order valence-corrected chi connectivity index (χ4v) is 5.41. The second-order valence-corrected chi connectivity index (χ2v) is 11.2. The van der Waals surface area contributed by atoms with Gasteiger partial charge in [-0.2, -0.15) is 21.6 Å². The number of nitrogens with one attached hydrogen (secondary N) is 1. The Balaban J connectivity index is 1.58. The number of hydrogen-bond acceptors (Lipinski definition) is 7. The number of carbonyl (C=O) groups excluding carboxylic acids is 1. The Morgan fingerprint density at radius 3 is 2.38 bits per heavy atom. The number of halogens is 3. The molecule has 12 heteroatoms. The van der Waals surface area contributed by atoms with Crippen LogP contribution < -0.4 is 9.62 Å². The fourth-order valence-electron chi connectivity index (χ4n) is 4.45. The van der Waals surface area contributed by atoms with Crippen molar-refractivity contribution in [3.63, 3.8) is 0 Å². The number of carbonyl (C=O) groups is 1. The summed E-state index contributed by atoms with van der Waals surface area (Å²) in [4.78, 5) is 22.5. The zero-order valence-electron chi connectivity index (χ0n) is 21.7. The molecule has 3 aromatic rings. The van der Waals surface area contributed by atoms with Gasteiger partial charge in [0.15, 0.2) is 5.03 Å². The third-order valence-corrected chi connectivity index (χ3v) is 8.04. The number of ether oxygens (including phenoxy) is 1. The van der Waals surface area contributed by atoms with Crippen LogP contribution in [0.2, 0.25) is 0 Å². The van der Waals surface area contributed by atoms with Gasteiger partial charge in [0.1, 0.15) is 11.6 Å². The van der Waals surface area contributed by atoms with E-state index in [0.717, 1.165) is 12.1 Å². The zero-order chi connectivity index (χ0) is 28.4. The van der Waals surface area contributed by atoms with Gasteiger partial charge in [-0.3, -0.25) is 9.52 Å². The Morgan fingerprint density at radius 2 is 1.74 bits per heavy atom. The lowest BCUT2D eigenvalue weighted by atomic mass is 9.80. The Labute approximate surface area is 225 Å². The lowest BCUT2D eigenvalue weighted by Gasteiger charge is -2.38. The van der Waals surface area contributed by atoms with E-state index in [1.54, 1.807) is 38.1 Å². The first-order chi connectivity index (χ1) is 18.3. The number of nitrogens with zero attached hydrogens (tertiary/aromatic N) is 3. The molecule has 2 aromatic heterocycles. The third-order valence-electron chi connectivity index (χ3n) is 6.78. The van der Waals surface area contributed by atoms with Crippen molar-refractivity contribution in [1.29, 1.82) is 0 Å². The van der Waals surface area contributed by atoms with Crippen LogP contribution in [0.1, 0.15) is 37.8 Å². The number of hydrogen-bond donors (Lipinski definition) is 1. The summed E-state index contributed by atoms with van der Waals surface area (Å²) < 4.78 is 75.0. The minimum Gasteiger partial charge on any atom is -0.466 e. The maximum absolute atomic E-state index is 13.7. The van der Waals surface area contributed by atoms with Gasteiger partial charge in [-0.1, -0.05) is 30.3 Å². The predicted octanol–water partition coefficient (Wildman–Crippen LogP) is 5.44. The first-order valence-corrected chi connectivity index (χ1v) is 13.9. The fraction of sp³-hybridized carbons (Fsp3) is 0.370. The largest absolute Gasteiger partial charge is 0.466 e. The van der Waals surface area contributed by atoms with E-state index in [9.17, 15) is 26.4 Å². The maximum Gasteiger partial charge on any atom is 0.418 e. The predicted molar refractivity (Wildman–Crippen MR) is 141 cm³/mol. The average molecular weight is 563 g/mol. The number of anilines is 2. The van der Waals surface area contributed by atoms with E-state index in [4.69, 9.17) is 4.74 Å². The number of rotatable bonds is 7. The molecule has 1 aliphatic heterocycles. The number of aromatic nitrogens is 2. The summed E-state index contributed by atoms with van der Waals surface area (Å²) in [6, 6.07) is 12.7.